The predicted octanol–water partition coefficient (Wildman–Crippen LogP) is 2.13. The van der Waals surface area contributed by atoms with E-state index in [0.29, 0.717) is 17.7 Å². The van der Waals surface area contributed by atoms with Gasteiger partial charge in [-0.15, -0.1) is 0 Å². The first kappa shape index (κ1) is 10.7. The van der Waals surface area contributed by atoms with Crippen molar-refractivity contribution in [2.24, 2.45) is 5.92 Å². The third-order valence-electron chi connectivity index (χ3n) is 2.73. The van der Waals surface area contributed by atoms with Gasteiger partial charge in [-0.25, -0.2) is 0 Å². The second-order valence-corrected chi connectivity index (χ2v) is 4.31. The van der Waals surface area contributed by atoms with Crippen molar-refractivity contribution in [1.29, 1.82) is 0 Å². The van der Waals surface area contributed by atoms with Crippen LogP contribution >= 0.6 is 0 Å². The molecule has 1 rings (SSSR count). The molecule has 0 saturated heterocycles. The van der Waals surface area contributed by atoms with Crippen LogP contribution in [-0.4, -0.2) is 18.4 Å². The van der Waals surface area contributed by atoms with E-state index in [-0.39, 0.29) is 0 Å². The van der Waals surface area contributed by atoms with Crippen LogP contribution in [0.25, 0.3) is 0 Å². The van der Waals surface area contributed by atoms with Gasteiger partial charge < -0.3 is 5.32 Å². The maximum Gasteiger partial charge on any atom is 0.137 e. The molecule has 0 aliphatic heterocycles. The fourth-order valence-electron chi connectivity index (χ4n) is 1.94. The van der Waals surface area contributed by atoms with Gasteiger partial charge in [0.05, 0.1) is 0 Å². The lowest BCUT2D eigenvalue weighted by molar-refractivity contribution is -0.122. The Labute approximate surface area is 81.1 Å². The molecule has 1 saturated carbocycles. The SMILES string of the molecule is CC(C)NCCC(=O)C1CCCC1. The van der Waals surface area contributed by atoms with E-state index in [9.17, 15) is 4.79 Å². The first-order valence-electron chi connectivity index (χ1n) is 5.46. The van der Waals surface area contributed by atoms with E-state index in [1.165, 1.54) is 12.8 Å². The Morgan fingerprint density at radius 3 is 2.54 bits per heavy atom. The summed E-state index contributed by atoms with van der Waals surface area (Å²) in [5.74, 6) is 0.875. The molecule has 0 amide bonds. The minimum absolute atomic E-state index is 0.397. The highest BCUT2D eigenvalue weighted by Gasteiger charge is 2.21. The number of carbonyl (C=O) groups is 1. The van der Waals surface area contributed by atoms with Gasteiger partial charge in [-0.2, -0.15) is 0 Å². The molecule has 1 N–H and O–H groups in total. The van der Waals surface area contributed by atoms with E-state index < -0.39 is 0 Å². The van der Waals surface area contributed by atoms with Gasteiger partial charge in [0.2, 0.25) is 0 Å². The van der Waals surface area contributed by atoms with Crippen LogP contribution in [0, 0.1) is 5.92 Å². The summed E-state index contributed by atoms with van der Waals surface area (Å²) < 4.78 is 0. The zero-order valence-corrected chi connectivity index (χ0v) is 8.81. The van der Waals surface area contributed by atoms with E-state index >= 15 is 0 Å². The van der Waals surface area contributed by atoms with Gasteiger partial charge >= 0.3 is 0 Å². The van der Waals surface area contributed by atoms with Gasteiger partial charge in [0, 0.05) is 24.9 Å². The van der Waals surface area contributed by atoms with Crippen LogP contribution in [0.1, 0.15) is 46.0 Å². The molecule has 76 valence electrons. The Kier molecular flexibility index (Phi) is 4.43. The quantitative estimate of drug-likeness (QED) is 0.707. The number of hydrogen-bond acceptors (Lipinski definition) is 2. The Bertz CT molecular complexity index is 159. The van der Waals surface area contributed by atoms with Gasteiger partial charge in [0.25, 0.3) is 0 Å². The summed E-state index contributed by atoms with van der Waals surface area (Å²) in [5, 5.41) is 3.28. The van der Waals surface area contributed by atoms with Crippen molar-refractivity contribution in [2.45, 2.75) is 52.0 Å². The summed E-state index contributed by atoms with van der Waals surface area (Å²) >= 11 is 0. The monoisotopic (exact) mass is 183 g/mol. The van der Waals surface area contributed by atoms with Crippen molar-refractivity contribution in [1.82, 2.24) is 5.32 Å². The summed E-state index contributed by atoms with van der Waals surface area (Å²) in [6.45, 7) is 5.08. The molecule has 1 aliphatic rings. The molecule has 0 heterocycles. The minimum atomic E-state index is 0.397. The number of Topliss-reactive ketones (excluding diaryl/α,β-unsaturated/α-hetero) is 1. The van der Waals surface area contributed by atoms with E-state index in [1.807, 2.05) is 0 Å². The number of ketones is 1. The summed E-state index contributed by atoms with van der Waals surface area (Å²) in [6, 6.07) is 0.497. The Balaban J connectivity index is 2.10. The summed E-state index contributed by atoms with van der Waals surface area (Å²) in [6.07, 6.45) is 5.52. The maximum atomic E-state index is 11.6. The fourth-order valence-corrected chi connectivity index (χ4v) is 1.94. The molecule has 1 fully saturated rings. The van der Waals surface area contributed by atoms with Gasteiger partial charge in [0.15, 0.2) is 0 Å². The first-order chi connectivity index (χ1) is 6.20. The molecule has 0 aromatic carbocycles. The molecule has 0 aromatic rings. The highest BCUT2D eigenvalue weighted by Crippen LogP contribution is 2.26. The average Bonchev–Trinajstić information content (AvgIpc) is 2.55. The Morgan fingerprint density at radius 2 is 2.00 bits per heavy atom. The number of carbonyl (C=O) groups excluding carboxylic acids is 1. The van der Waals surface area contributed by atoms with Crippen LogP contribution in [-0.2, 0) is 4.79 Å². The molecule has 0 radical (unpaired) electrons. The Hall–Kier alpha value is -0.370. The molecule has 0 bridgehead atoms. The van der Waals surface area contributed by atoms with Gasteiger partial charge in [-0.05, 0) is 12.8 Å². The molecule has 2 heteroatoms. The first-order valence-corrected chi connectivity index (χ1v) is 5.46. The molecular formula is C11H21NO. The average molecular weight is 183 g/mol. The largest absolute Gasteiger partial charge is 0.314 e. The highest BCUT2D eigenvalue weighted by atomic mass is 16.1. The van der Waals surface area contributed by atoms with Crippen LogP contribution in [0.4, 0.5) is 0 Å². The molecular weight excluding hydrogens is 162 g/mol. The van der Waals surface area contributed by atoms with Gasteiger partial charge in [-0.3, -0.25) is 4.79 Å². The van der Waals surface area contributed by atoms with Crippen molar-refractivity contribution >= 4 is 5.78 Å². The number of hydrogen-bond donors (Lipinski definition) is 1. The van der Waals surface area contributed by atoms with Crippen molar-refractivity contribution < 1.29 is 4.79 Å². The van der Waals surface area contributed by atoms with Crippen LogP contribution in [0.2, 0.25) is 0 Å². The van der Waals surface area contributed by atoms with Crippen molar-refractivity contribution in [2.75, 3.05) is 6.54 Å². The molecule has 0 unspecified atom stereocenters. The van der Waals surface area contributed by atoms with Gasteiger partial charge in [-0.1, -0.05) is 26.7 Å². The van der Waals surface area contributed by atoms with Crippen molar-refractivity contribution in [3.8, 4) is 0 Å². The summed E-state index contributed by atoms with van der Waals surface area (Å²) in [5.41, 5.74) is 0. The van der Waals surface area contributed by atoms with Crippen LogP contribution < -0.4 is 5.32 Å². The third kappa shape index (κ3) is 3.90. The van der Waals surface area contributed by atoms with E-state index in [2.05, 4.69) is 19.2 Å². The molecule has 0 spiro atoms. The lowest BCUT2D eigenvalue weighted by Gasteiger charge is -2.10. The molecule has 1 aliphatic carbocycles. The normalized spacial score (nSPS) is 18.4. The minimum Gasteiger partial charge on any atom is -0.314 e. The van der Waals surface area contributed by atoms with Gasteiger partial charge in [0.1, 0.15) is 5.78 Å². The smallest absolute Gasteiger partial charge is 0.137 e. The van der Waals surface area contributed by atoms with E-state index in [4.69, 9.17) is 0 Å². The third-order valence-corrected chi connectivity index (χ3v) is 2.73. The molecule has 2 nitrogen and oxygen atoms in total. The Morgan fingerprint density at radius 1 is 1.38 bits per heavy atom. The topological polar surface area (TPSA) is 29.1 Å². The second-order valence-electron chi connectivity index (χ2n) is 4.31. The zero-order valence-electron chi connectivity index (χ0n) is 8.81. The fraction of sp³-hybridized carbons (Fsp3) is 0.909. The number of rotatable bonds is 5. The van der Waals surface area contributed by atoms with Crippen LogP contribution in [0.15, 0.2) is 0 Å². The highest BCUT2D eigenvalue weighted by molar-refractivity contribution is 5.81. The summed E-state index contributed by atoms with van der Waals surface area (Å²) in [7, 11) is 0. The molecule has 0 atom stereocenters. The van der Waals surface area contributed by atoms with E-state index in [0.717, 1.165) is 25.8 Å². The lowest BCUT2D eigenvalue weighted by Crippen LogP contribution is -2.26. The second kappa shape index (κ2) is 5.38. The summed E-state index contributed by atoms with van der Waals surface area (Å²) in [4.78, 5) is 11.6. The van der Waals surface area contributed by atoms with E-state index in [1.54, 1.807) is 0 Å². The standard InChI is InChI=1S/C11H21NO/c1-9(2)12-8-7-11(13)10-5-3-4-6-10/h9-10,12H,3-8H2,1-2H3. The maximum absolute atomic E-state index is 11.6. The van der Waals surface area contributed by atoms with Crippen LogP contribution in [0.5, 0.6) is 0 Å². The molecule has 0 aromatic heterocycles. The van der Waals surface area contributed by atoms with Crippen molar-refractivity contribution in [3.05, 3.63) is 0 Å². The number of nitrogens with one attached hydrogen (secondary N) is 1. The zero-order chi connectivity index (χ0) is 9.68. The lowest BCUT2D eigenvalue weighted by atomic mass is 10.0. The van der Waals surface area contributed by atoms with Crippen LogP contribution in [0.3, 0.4) is 0 Å². The molecule has 13 heavy (non-hydrogen) atoms. The van der Waals surface area contributed by atoms with Crippen molar-refractivity contribution in [3.63, 3.8) is 0 Å². The predicted molar refractivity (Wildman–Crippen MR) is 54.7 cm³/mol.